The molecule has 3 heterocycles. The normalized spacial score (nSPS) is 22.1. The lowest BCUT2D eigenvalue weighted by Gasteiger charge is -2.41. The van der Waals surface area contributed by atoms with E-state index in [0.717, 1.165) is 36.9 Å². The highest BCUT2D eigenvalue weighted by Gasteiger charge is 2.36. The van der Waals surface area contributed by atoms with Crippen molar-refractivity contribution in [1.29, 1.82) is 0 Å². The number of nitrogens with zero attached hydrogens (tertiary/aromatic N) is 1. The molecular weight excluding hydrogens is 330 g/mol. The Labute approximate surface area is 153 Å². The molecule has 4 heteroatoms. The first kappa shape index (κ1) is 15.7. The van der Waals surface area contributed by atoms with Crippen molar-refractivity contribution in [3.8, 4) is 11.5 Å². The van der Waals surface area contributed by atoms with Crippen LogP contribution in [0.25, 0.3) is 0 Å². The van der Waals surface area contributed by atoms with Crippen LogP contribution >= 0.6 is 11.3 Å². The third-order valence-electron chi connectivity index (χ3n) is 6.05. The van der Waals surface area contributed by atoms with Gasteiger partial charge in [0.1, 0.15) is 11.5 Å². The molecule has 3 nitrogen and oxygen atoms in total. The molecule has 0 bridgehead atoms. The third kappa shape index (κ3) is 2.67. The molecule has 0 spiro atoms. The monoisotopic (exact) mass is 355 g/mol. The number of hydrogen-bond acceptors (Lipinski definition) is 4. The van der Waals surface area contributed by atoms with Gasteiger partial charge in [0.2, 0.25) is 0 Å². The van der Waals surface area contributed by atoms with Crippen LogP contribution in [0.5, 0.6) is 11.5 Å². The second-order valence-corrected chi connectivity index (χ2v) is 8.83. The Bertz CT molecular complexity index is 808. The lowest BCUT2D eigenvalue weighted by molar-refractivity contribution is 0.158. The van der Waals surface area contributed by atoms with Gasteiger partial charge in [-0.3, -0.25) is 4.90 Å². The number of hydrogen-bond donors (Lipinski definition) is 0. The minimum atomic E-state index is 0.501. The maximum absolute atomic E-state index is 5.67. The van der Waals surface area contributed by atoms with Crippen molar-refractivity contribution >= 4 is 11.3 Å². The Balaban J connectivity index is 1.52. The van der Waals surface area contributed by atoms with Crippen molar-refractivity contribution in [2.45, 2.75) is 44.7 Å². The standard InChI is InChI=1S/C21H25NO2S/c1-23-19-5-6-20(24-2)17-12-22-8-7-21-16(18(22)11-15(17)19)10-14(25-21)9-13-3-4-13/h5-6,10,13,18H,3-4,7-9,11-12H2,1-2H3. The predicted molar refractivity (Wildman–Crippen MR) is 101 cm³/mol. The van der Waals surface area contributed by atoms with Gasteiger partial charge >= 0.3 is 0 Å². The molecule has 1 saturated carbocycles. The molecule has 1 unspecified atom stereocenters. The lowest BCUT2D eigenvalue weighted by atomic mass is 9.86. The van der Waals surface area contributed by atoms with Crippen LogP contribution in [-0.2, 0) is 25.8 Å². The van der Waals surface area contributed by atoms with Crippen LogP contribution in [0.15, 0.2) is 18.2 Å². The van der Waals surface area contributed by atoms with Gasteiger partial charge in [-0.15, -0.1) is 11.3 Å². The first-order valence-electron chi connectivity index (χ1n) is 9.35. The summed E-state index contributed by atoms with van der Waals surface area (Å²) in [6.07, 6.45) is 6.40. The van der Waals surface area contributed by atoms with Crippen LogP contribution in [0.3, 0.4) is 0 Å². The van der Waals surface area contributed by atoms with Crippen LogP contribution < -0.4 is 9.47 Å². The van der Waals surface area contributed by atoms with Crippen molar-refractivity contribution in [2.75, 3.05) is 20.8 Å². The summed E-state index contributed by atoms with van der Waals surface area (Å²) in [6.45, 7) is 2.12. The van der Waals surface area contributed by atoms with Crippen LogP contribution in [0.2, 0.25) is 0 Å². The molecule has 1 aromatic heterocycles. The van der Waals surface area contributed by atoms with E-state index in [2.05, 4.69) is 28.4 Å². The van der Waals surface area contributed by atoms with E-state index in [0.29, 0.717) is 6.04 Å². The van der Waals surface area contributed by atoms with Gasteiger partial charge in [-0.1, -0.05) is 0 Å². The highest BCUT2D eigenvalue weighted by Crippen LogP contribution is 2.46. The van der Waals surface area contributed by atoms with Gasteiger partial charge in [0, 0.05) is 40.0 Å². The molecule has 1 aromatic carbocycles. The fourth-order valence-electron chi connectivity index (χ4n) is 4.54. The molecule has 2 aliphatic heterocycles. The Kier molecular flexibility index (Phi) is 3.79. The first-order chi connectivity index (χ1) is 12.3. The predicted octanol–water partition coefficient (Wildman–Crippen LogP) is 4.37. The quantitative estimate of drug-likeness (QED) is 0.813. The minimum Gasteiger partial charge on any atom is -0.496 e. The molecule has 1 atom stereocenters. The number of ether oxygens (including phenoxy) is 2. The van der Waals surface area contributed by atoms with Crippen molar-refractivity contribution in [1.82, 2.24) is 4.90 Å². The Morgan fingerprint density at radius 2 is 1.88 bits per heavy atom. The average Bonchev–Trinajstić information content (AvgIpc) is 3.35. The van der Waals surface area contributed by atoms with Crippen LogP contribution in [-0.4, -0.2) is 25.7 Å². The summed E-state index contributed by atoms with van der Waals surface area (Å²) in [6, 6.07) is 7.13. The van der Waals surface area contributed by atoms with Gasteiger partial charge in [0.15, 0.2) is 0 Å². The zero-order valence-electron chi connectivity index (χ0n) is 15.0. The third-order valence-corrected chi connectivity index (χ3v) is 7.28. The molecule has 1 fully saturated rings. The molecule has 0 amide bonds. The van der Waals surface area contributed by atoms with Crippen molar-refractivity contribution < 1.29 is 9.47 Å². The minimum absolute atomic E-state index is 0.501. The van der Waals surface area contributed by atoms with E-state index in [1.54, 1.807) is 29.5 Å². The Hall–Kier alpha value is -1.52. The number of thiophene rings is 1. The maximum Gasteiger partial charge on any atom is 0.123 e. The molecule has 132 valence electrons. The van der Waals surface area contributed by atoms with E-state index >= 15 is 0 Å². The molecule has 1 aliphatic carbocycles. The van der Waals surface area contributed by atoms with Crippen molar-refractivity contribution in [3.63, 3.8) is 0 Å². The Morgan fingerprint density at radius 1 is 1.12 bits per heavy atom. The second-order valence-electron chi connectivity index (χ2n) is 7.61. The van der Waals surface area contributed by atoms with Gasteiger partial charge in [0.25, 0.3) is 0 Å². The van der Waals surface area contributed by atoms with Gasteiger partial charge in [0.05, 0.1) is 14.2 Å². The number of methoxy groups -OCH3 is 2. The maximum atomic E-state index is 5.67. The van der Waals surface area contributed by atoms with Gasteiger partial charge in [-0.2, -0.15) is 0 Å². The molecule has 3 aliphatic rings. The molecular formula is C21H25NO2S. The SMILES string of the molecule is COc1ccc(OC)c2c1CC1c3cc(CC4CC4)sc3CCN1C2. The van der Waals surface area contributed by atoms with Crippen molar-refractivity contribution in [2.24, 2.45) is 5.92 Å². The van der Waals surface area contributed by atoms with E-state index in [-0.39, 0.29) is 0 Å². The fraction of sp³-hybridized carbons (Fsp3) is 0.524. The van der Waals surface area contributed by atoms with Gasteiger partial charge in [-0.05, 0) is 61.8 Å². The molecule has 2 aromatic rings. The molecule has 0 radical (unpaired) electrons. The second kappa shape index (κ2) is 6.03. The van der Waals surface area contributed by atoms with Crippen LogP contribution in [0.1, 0.15) is 45.3 Å². The Morgan fingerprint density at radius 3 is 2.60 bits per heavy atom. The van der Waals surface area contributed by atoms with Gasteiger partial charge in [-0.25, -0.2) is 0 Å². The summed E-state index contributed by atoms with van der Waals surface area (Å²) in [4.78, 5) is 5.88. The number of benzene rings is 1. The van der Waals surface area contributed by atoms with Gasteiger partial charge < -0.3 is 9.47 Å². The van der Waals surface area contributed by atoms with E-state index in [1.807, 2.05) is 6.07 Å². The molecule has 0 saturated heterocycles. The molecule has 5 rings (SSSR count). The van der Waals surface area contributed by atoms with E-state index in [4.69, 9.17) is 9.47 Å². The largest absolute Gasteiger partial charge is 0.496 e. The fourth-order valence-corrected chi connectivity index (χ4v) is 5.86. The zero-order valence-corrected chi connectivity index (χ0v) is 15.8. The summed E-state index contributed by atoms with van der Waals surface area (Å²) in [5, 5.41) is 0. The smallest absolute Gasteiger partial charge is 0.123 e. The topological polar surface area (TPSA) is 21.7 Å². The summed E-state index contributed by atoms with van der Waals surface area (Å²) >= 11 is 2.08. The summed E-state index contributed by atoms with van der Waals surface area (Å²) in [5.74, 6) is 2.98. The summed E-state index contributed by atoms with van der Waals surface area (Å²) < 4.78 is 11.3. The molecule has 0 N–H and O–H groups in total. The highest BCUT2D eigenvalue weighted by molar-refractivity contribution is 7.12. The number of fused-ring (bicyclic) bond motifs is 4. The van der Waals surface area contributed by atoms with E-state index in [1.165, 1.54) is 36.8 Å². The number of rotatable bonds is 4. The van der Waals surface area contributed by atoms with E-state index < -0.39 is 0 Å². The van der Waals surface area contributed by atoms with E-state index in [9.17, 15) is 0 Å². The summed E-state index contributed by atoms with van der Waals surface area (Å²) in [5.41, 5.74) is 4.24. The lowest BCUT2D eigenvalue weighted by Crippen LogP contribution is -2.39. The average molecular weight is 356 g/mol. The van der Waals surface area contributed by atoms with Crippen LogP contribution in [0.4, 0.5) is 0 Å². The summed E-state index contributed by atoms with van der Waals surface area (Å²) in [7, 11) is 3.55. The zero-order chi connectivity index (χ0) is 17.0. The molecule has 25 heavy (non-hydrogen) atoms. The highest BCUT2D eigenvalue weighted by atomic mass is 32.1. The first-order valence-corrected chi connectivity index (χ1v) is 10.2. The van der Waals surface area contributed by atoms with Crippen molar-refractivity contribution in [3.05, 3.63) is 44.6 Å². The van der Waals surface area contributed by atoms with Crippen LogP contribution in [0, 0.1) is 5.92 Å².